The minimum atomic E-state index is 0.266. The summed E-state index contributed by atoms with van der Waals surface area (Å²) in [4.78, 5) is 10.9. The normalized spacial score (nSPS) is 12.9. The molecule has 0 fully saturated rings. The van der Waals surface area contributed by atoms with E-state index in [4.69, 9.17) is 17.3 Å². The zero-order chi connectivity index (χ0) is 19.5. The van der Waals surface area contributed by atoms with Gasteiger partial charge in [0.1, 0.15) is 0 Å². The Morgan fingerprint density at radius 3 is 2.63 bits per heavy atom. The Kier molecular flexibility index (Phi) is 9.02. The molecule has 5 heteroatoms. The van der Waals surface area contributed by atoms with Crippen molar-refractivity contribution in [2.24, 2.45) is 10.7 Å². The maximum Gasteiger partial charge on any atom is 0.0550 e. The maximum atomic E-state index is 6.06. The summed E-state index contributed by atoms with van der Waals surface area (Å²) >= 11 is 6.06. The number of nitrogens with zero attached hydrogens (tertiary/aromatic N) is 3. The fraction of sp³-hybridized carbons (Fsp3) is 0.364. The van der Waals surface area contributed by atoms with Crippen molar-refractivity contribution in [3.05, 3.63) is 76.8 Å². The molecule has 0 bridgehead atoms. The molecule has 2 aromatic rings. The minimum absolute atomic E-state index is 0.266. The summed E-state index contributed by atoms with van der Waals surface area (Å²) in [5.74, 6) is 0.266. The molecule has 1 aromatic carbocycles. The van der Waals surface area contributed by atoms with Crippen LogP contribution >= 0.6 is 11.6 Å². The molecule has 2 rings (SSSR count). The molecule has 1 aromatic heterocycles. The van der Waals surface area contributed by atoms with E-state index in [2.05, 4.69) is 46.8 Å². The number of aliphatic imine (C=N–C) groups is 1. The Morgan fingerprint density at radius 2 is 2.00 bits per heavy atom. The molecular weight excluding hydrogens is 356 g/mol. The first-order chi connectivity index (χ1) is 13.1. The van der Waals surface area contributed by atoms with Crippen molar-refractivity contribution in [3.8, 4) is 0 Å². The van der Waals surface area contributed by atoms with E-state index in [1.54, 1.807) is 6.20 Å². The third kappa shape index (κ3) is 7.16. The van der Waals surface area contributed by atoms with Crippen LogP contribution in [0.1, 0.15) is 42.9 Å². The number of nitrogens with two attached hydrogens (primary N) is 1. The van der Waals surface area contributed by atoms with Crippen LogP contribution in [0.3, 0.4) is 0 Å². The van der Waals surface area contributed by atoms with Crippen molar-refractivity contribution in [2.75, 3.05) is 20.1 Å². The molecular formula is C22H29ClN4. The third-order valence-corrected chi connectivity index (χ3v) is 4.99. The van der Waals surface area contributed by atoms with E-state index in [0.29, 0.717) is 0 Å². The zero-order valence-electron chi connectivity index (χ0n) is 16.0. The van der Waals surface area contributed by atoms with Gasteiger partial charge in [-0.15, -0.1) is 0 Å². The number of unbranched alkanes of at least 4 members (excludes halogenated alkanes) is 1. The van der Waals surface area contributed by atoms with Gasteiger partial charge in [0.25, 0.3) is 0 Å². The predicted molar refractivity (Wildman–Crippen MR) is 115 cm³/mol. The monoisotopic (exact) mass is 384 g/mol. The lowest BCUT2D eigenvalue weighted by Gasteiger charge is -2.22. The first-order valence-corrected chi connectivity index (χ1v) is 9.74. The Hall–Kier alpha value is -2.17. The van der Waals surface area contributed by atoms with Gasteiger partial charge in [0.15, 0.2) is 0 Å². The molecule has 0 radical (unpaired) electrons. The summed E-state index contributed by atoms with van der Waals surface area (Å²) in [5, 5.41) is 0.760. The molecule has 0 saturated carbocycles. The molecule has 2 N–H and O–H groups in total. The van der Waals surface area contributed by atoms with Crippen molar-refractivity contribution in [1.82, 2.24) is 9.88 Å². The summed E-state index contributed by atoms with van der Waals surface area (Å²) in [5.41, 5.74) is 8.73. The molecule has 4 nitrogen and oxygen atoms in total. The van der Waals surface area contributed by atoms with Crippen molar-refractivity contribution in [2.45, 2.75) is 31.6 Å². The molecule has 1 unspecified atom stereocenters. The van der Waals surface area contributed by atoms with Crippen LogP contribution in [-0.2, 0) is 0 Å². The van der Waals surface area contributed by atoms with Gasteiger partial charge in [0, 0.05) is 29.0 Å². The molecule has 27 heavy (non-hydrogen) atoms. The Balaban J connectivity index is 1.90. The smallest absolute Gasteiger partial charge is 0.0550 e. The van der Waals surface area contributed by atoms with Gasteiger partial charge in [-0.1, -0.05) is 29.8 Å². The van der Waals surface area contributed by atoms with Crippen LogP contribution in [0.5, 0.6) is 0 Å². The molecule has 0 amide bonds. The average Bonchev–Trinajstić information content (AvgIpc) is 2.70. The Morgan fingerprint density at radius 1 is 1.22 bits per heavy atom. The number of rotatable bonds is 11. The van der Waals surface area contributed by atoms with Gasteiger partial charge in [-0.25, -0.2) is 0 Å². The highest BCUT2D eigenvalue weighted by Gasteiger charge is 2.16. The van der Waals surface area contributed by atoms with Crippen molar-refractivity contribution < 1.29 is 0 Å². The van der Waals surface area contributed by atoms with Crippen molar-refractivity contribution in [3.63, 3.8) is 0 Å². The summed E-state index contributed by atoms with van der Waals surface area (Å²) in [7, 11) is 2.17. The lowest BCUT2D eigenvalue weighted by Crippen LogP contribution is -2.23. The van der Waals surface area contributed by atoms with Crippen LogP contribution in [0.25, 0.3) is 0 Å². The van der Waals surface area contributed by atoms with E-state index in [9.17, 15) is 0 Å². The van der Waals surface area contributed by atoms with E-state index in [1.807, 2.05) is 30.5 Å². The molecule has 1 heterocycles. The van der Waals surface area contributed by atoms with Gasteiger partial charge >= 0.3 is 0 Å². The second-order valence-corrected chi connectivity index (χ2v) is 7.16. The number of aromatic nitrogens is 1. The SMILES string of the molecule is C=N/C(=C\N)CCCCN(C)CCC(c1ccc(Cl)cc1)c1ccccn1. The van der Waals surface area contributed by atoms with Crippen molar-refractivity contribution in [1.29, 1.82) is 0 Å². The van der Waals surface area contributed by atoms with E-state index in [1.165, 1.54) is 5.56 Å². The average molecular weight is 385 g/mol. The third-order valence-electron chi connectivity index (χ3n) is 4.73. The number of allylic oxidation sites excluding steroid dienone is 1. The fourth-order valence-electron chi connectivity index (χ4n) is 3.13. The number of benzene rings is 1. The predicted octanol–water partition coefficient (Wildman–Crippen LogP) is 4.86. The summed E-state index contributed by atoms with van der Waals surface area (Å²) in [6.45, 7) is 5.58. The highest BCUT2D eigenvalue weighted by Crippen LogP contribution is 2.27. The topological polar surface area (TPSA) is 54.5 Å². The second-order valence-electron chi connectivity index (χ2n) is 6.72. The first kappa shape index (κ1) is 21.1. The maximum absolute atomic E-state index is 6.06. The van der Waals surface area contributed by atoms with Gasteiger partial charge in [0.2, 0.25) is 0 Å². The van der Waals surface area contributed by atoms with Crippen LogP contribution < -0.4 is 5.73 Å². The lowest BCUT2D eigenvalue weighted by molar-refractivity contribution is 0.315. The van der Waals surface area contributed by atoms with Crippen LogP contribution in [0.2, 0.25) is 5.02 Å². The van der Waals surface area contributed by atoms with E-state index < -0.39 is 0 Å². The molecule has 0 aliphatic rings. The summed E-state index contributed by atoms with van der Waals surface area (Å²) in [6.07, 6.45) is 7.47. The van der Waals surface area contributed by atoms with Crippen LogP contribution in [0.15, 0.2) is 65.6 Å². The van der Waals surface area contributed by atoms with Gasteiger partial charge in [-0.3, -0.25) is 9.98 Å². The number of halogens is 1. The van der Waals surface area contributed by atoms with Gasteiger partial charge < -0.3 is 10.6 Å². The minimum Gasteiger partial charge on any atom is -0.403 e. The Bertz CT molecular complexity index is 713. The lowest BCUT2D eigenvalue weighted by atomic mass is 9.92. The molecule has 0 spiro atoms. The highest BCUT2D eigenvalue weighted by molar-refractivity contribution is 6.30. The number of hydrogen-bond acceptors (Lipinski definition) is 4. The molecule has 0 aliphatic heterocycles. The largest absolute Gasteiger partial charge is 0.403 e. The number of pyridine rings is 1. The Labute approximate surface area is 167 Å². The van der Waals surface area contributed by atoms with Gasteiger partial charge in [0.05, 0.1) is 5.70 Å². The van der Waals surface area contributed by atoms with Crippen molar-refractivity contribution >= 4 is 18.3 Å². The molecule has 0 saturated heterocycles. The standard InChI is InChI=1S/C22H29ClN4/c1-25-20(17-24)7-4-6-15-27(2)16-13-21(22-8-3-5-14-26-22)18-9-11-19(23)12-10-18/h3,5,8-12,14,17,21H,1,4,6-7,13,15-16,24H2,2H3/b20-17-. The second kappa shape index (κ2) is 11.5. The molecule has 0 aliphatic carbocycles. The zero-order valence-corrected chi connectivity index (χ0v) is 16.8. The van der Waals surface area contributed by atoms with Crippen LogP contribution in [0.4, 0.5) is 0 Å². The molecule has 1 atom stereocenters. The fourth-order valence-corrected chi connectivity index (χ4v) is 3.25. The van der Waals surface area contributed by atoms with Crippen LogP contribution in [-0.4, -0.2) is 36.7 Å². The van der Waals surface area contributed by atoms with E-state index in [-0.39, 0.29) is 5.92 Å². The first-order valence-electron chi connectivity index (χ1n) is 9.36. The van der Waals surface area contributed by atoms with Crippen LogP contribution in [0, 0.1) is 0 Å². The van der Waals surface area contributed by atoms with Gasteiger partial charge in [-0.2, -0.15) is 0 Å². The highest BCUT2D eigenvalue weighted by atomic mass is 35.5. The summed E-state index contributed by atoms with van der Waals surface area (Å²) in [6, 6.07) is 14.2. The van der Waals surface area contributed by atoms with Gasteiger partial charge in [-0.05, 0) is 82.4 Å². The molecule has 144 valence electrons. The van der Waals surface area contributed by atoms with E-state index in [0.717, 1.165) is 55.2 Å². The van der Waals surface area contributed by atoms with E-state index >= 15 is 0 Å². The number of hydrogen-bond donors (Lipinski definition) is 1. The summed E-state index contributed by atoms with van der Waals surface area (Å²) < 4.78 is 0. The quantitative estimate of drug-likeness (QED) is 0.444.